The minimum Gasteiger partial charge on any atom is -0.493 e. The van der Waals surface area contributed by atoms with Gasteiger partial charge in [0.2, 0.25) is 5.91 Å². The predicted molar refractivity (Wildman–Crippen MR) is 141 cm³/mol. The van der Waals surface area contributed by atoms with Gasteiger partial charge in [-0.3, -0.25) is 14.5 Å². The predicted octanol–water partition coefficient (Wildman–Crippen LogP) is 5.31. The zero-order valence-electron chi connectivity index (χ0n) is 21.4. The number of fused-ring (bicyclic) bond motifs is 3. The standard InChI is InChI=1S/C29H35N3O4/c1-29(28(34)30-21-12-7-5-4-6-8-13-21)19-31-23-14-10-9-11-20(23)17-24(31)27(33)32(29)22-15-16-25(35-2)26(18-22)36-3/h9-11,14-18,21H,4-8,12-13,19H2,1-3H3,(H,30,34)/t29-/m1/s1. The van der Waals surface area contributed by atoms with Crippen LogP contribution in [0.3, 0.4) is 0 Å². The van der Waals surface area contributed by atoms with Crippen molar-refractivity contribution in [3.8, 4) is 11.5 Å². The number of anilines is 1. The van der Waals surface area contributed by atoms with Crippen LogP contribution in [0.15, 0.2) is 48.5 Å². The van der Waals surface area contributed by atoms with E-state index in [1.807, 2.05) is 47.9 Å². The molecule has 2 amide bonds. The maximum atomic E-state index is 14.1. The number of nitrogens with one attached hydrogen (secondary N) is 1. The van der Waals surface area contributed by atoms with Gasteiger partial charge in [-0.1, -0.05) is 50.3 Å². The number of methoxy groups -OCH3 is 2. The van der Waals surface area contributed by atoms with Crippen LogP contribution in [0.5, 0.6) is 11.5 Å². The molecule has 1 aromatic heterocycles. The number of ether oxygens (including phenoxy) is 2. The molecule has 1 aliphatic heterocycles. The van der Waals surface area contributed by atoms with E-state index in [0.29, 0.717) is 29.4 Å². The van der Waals surface area contributed by atoms with E-state index in [9.17, 15) is 9.59 Å². The van der Waals surface area contributed by atoms with E-state index in [0.717, 1.165) is 36.6 Å². The molecule has 1 fully saturated rings. The summed E-state index contributed by atoms with van der Waals surface area (Å²) in [7, 11) is 3.15. The van der Waals surface area contributed by atoms with Gasteiger partial charge in [0.25, 0.3) is 5.91 Å². The second-order valence-corrected chi connectivity index (χ2v) is 10.1. The molecule has 0 radical (unpaired) electrons. The van der Waals surface area contributed by atoms with Gasteiger partial charge in [-0.15, -0.1) is 0 Å². The van der Waals surface area contributed by atoms with Crippen LogP contribution in [0.25, 0.3) is 10.9 Å². The number of hydrogen-bond acceptors (Lipinski definition) is 4. The molecule has 3 aromatic rings. The Kier molecular flexibility index (Phi) is 6.65. The van der Waals surface area contributed by atoms with E-state index < -0.39 is 5.54 Å². The van der Waals surface area contributed by atoms with Crippen molar-refractivity contribution in [2.75, 3.05) is 19.1 Å². The summed E-state index contributed by atoms with van der Waals surface area (Å²) in [6.07, 6.45) is 7.87. The zero-order valence-corrected chi connectivity index (χ0v) is 21.4. The fourth-order valence-corrected chi connectivity index (χ4v) is 5.76. The zero-order chi connectivity index (χ0) is 25.3. The number of carbonyl (C=O) groups is 2. The van der Waals surface area contributed by atoms with Gasteiger partial charge >= 0.3 is 0 Å². The topological polar surface area (TPSA) is 72.8 Å². The minimum absolute atomic E-state index is 0.125. The van der Waals surface area contributed by atoms with Crippen molar-refractivity contribution < 1.29 is 19.1 Å². The third-order valence-electron chi connectivity index (χ3n) is 7.75. The molecule has 0 bridgehead atoms. The summed E-state index contributed by atoms with van der Waals surface area (Å²) < 4.78 is 12.9. The molecule has 7 nitrogen and oxygen atoms in total. The van der Waals surface area contributed by atoms with Crippen molar-refractivity contribution >= 4 is 28.4 Å². The lowest BCUT2D eigenvalue weighted by Crippen LogP contribution is -2.65. The molecule has 190 valence electrons. The molecule has 1 aliphatic carbocycles. The number of para-hydroxylation sites is 1. The lowest BCUT2D eigenvalue weighted by Gasteiger charge is -2.44. The van der Waals surface area contributed by atoms with Gasteiger partial charge in [-0.25, -0.2) is 0 Å². The Morgan fingerprint density at radius 1 is 0.944 bits per heavy atom. The van der Waals surface area contributed by atoms with E-state index in [4.69, 9.17) is 9.47 Å². The van der Waals surface area contributed by atoms with Crippen molar-refractivity contribution in [3.63, 3.8) is 0 Å². The molecule has 1 atom stereocenters. The number of aromatic nitrogens is 1. The molecule has 2 heterocycles. The summed E-state index contributed by atoms with van der Waals surface area (Å²) in [6.45, 7) is 2.23. The van der Waals surface area contributed by atoms with Crippen LogP contribution < -0.4 is 19.7 Å². The Morgan fingerprint density at radius 2 is 1.64 bits per heavy atom. The summed E-state index contributed by atoms with van der Waals surface area (Å²) in [5, 5.41) is 4.32. The molecule has 1 saturated carbocycles. The lowest BCUT2D eigenvalue weighted by atomic mass is 9.91. The summed E-state index contributed by atoms with van der Waals surface area (Å²) in [6, 6.07) is 15.3. The van der Waals surface area contributed by atoms with Crippen molar-refractivity contribution in [3.05, 3.63) is 54.2 Å². The van der Waals surface area contributed by atoms with Crippen LogP contribution in [-0.4, -0.2) is 42.2 Å². The summed E-state index contributed by atoms with van der Waals surface area (Å²) in [5.41, 5.74) is 0.998. The normalized spacial score (nSPS) is 21.0. The summed E-state index contributed by atoms with van der Waals surface area (Å²) >= 11 is 0. The first-order valence-electron chi connectivity index (χ1n) is 12.9. The highest BCUT2D eigenvalue weighted by molar-refractivity contribution is 6.14. The van der Waals surface area contributed by atoms with Gasteiger partial charge in [0, 0.05) is 28.7 Å². The van der Waals surface area contributed by atoms with E-state index in [1.165, 1.54) is 19.3 Å². The number of hydrogen-bond donors (Lipinski definition) is 1. The highest BCUT2D eigenvalue weighted by atomic mass is 16.5. The molecule has 0 spiro atoms. The third kappa shape index (κ3) is 4.21. The average molecular weight is 490 g/mol. The number of carbonyl (C=O) groups excluding carboxylic acids is 2. The van der Waals surface area contributed by atoms with E-state index in [-0.39, 0.29) is 17.9 Å². The molecular formula is C29H35N3O4. The highest BCUT2D eigenvalue weighted by Gasteiger charge is 2.49. The second kappa shape index (κ2) is 9.88. The molecular weight excluding hydrogens is 454 g/mol. The maximum absolute atomic E-state index is 14.1. The van der Waals surface area contributed by atoms with E-state index >= 15 is 0 Å². The molecule has 5 rings (SSSR count). The molecule has 2 aliphatic rings. The van der Waals surface area contributed by atoms with Crippen LogP contribution >= 0.6 is 0 Å². The molecule has 2 aromatic carbocycles. The van der Waals surface area contributed by atoms with Crippen LogP contribution in [0.2, 0.25) is 0 Å². The van der Waals surface area contributed by atoms with Crippen molar-refractivity contribution in [1.29, 1.82) is 0 Å². The Hall–Kier alpha value is -3.48. The smallest absolute Gasteiger partial charge is 0.275 e. The largest absolute Gasteiger partial charge is 0.493 e. The number of benzene rings is 2. The number of rotatable bonds is 5. The SMILES string of the molecule is COc1ccc(N2C(=O)c3cc4ccccc4n3C[C@]2(C)C(=O)NC2CCCCCCC2)cc1OC. The first-order chi connectivity index (χ1) is 17.5. The number of nitrogens with zero attached hydrogens (tertiary/aromatic N) is 2. The van der Waals surface area contributed by atoms with Crippen molar-refractivity contribution in [2.45, 2.75) is 70.0 Å². The van der Waals surface area contributed by atoms with Gasteiger partial charge < -0.3 is 19.4 Å². The van der Waals surface area contributed by atoms with Crippen LogP contribution in [-0.2, 0) is 11.3 Å². The first kappa shape index (κ1) is 24.2. The first-order valence-corrected chi connectivity index (χ1v) is 12.9. The van der Waals surface area contributed by atoms with E-state index in [1.54, 1.807) is 31.3 Å². The van der Waals surface area contributed by atoms with Gasteiger partial charge in [0.1, 0.15) is 11.2 Å². The summed E-state index contributed by atoms with van der Waals surface area (Å²) in [4.78, 5) is 29.8. The molecule has 7 heteroatoms. The molecule has 36 heavy (non-hydrogen) atoms. The fourth-order valence-electron chi connectivity index (χ4n) is 5.76. The van der Waals surface area contributed by atoms with Gasteiger partial charge in [-0.2, -0.15) is 0 Å². The average Bonchev–Trinajstić information content (AvgIpc) is 3.24. The second-order valence-electron chi connectivity index (χ2n) is 10.1. The quantitative estimate of drug-likeness (QED) is 0.527. The van der Waals surface area contributed by atoms with Gasteiger partial charge in [0.05, 0.1) is 20.8 Å². The molecule has 1 N–H and O–H groups in total. The van der Waals surface area contributed by atoms with E-state index in [2.05, 4.69) is 5.32 Å². The highest BCUT2D eigenvalue weighted by Crippen LogP contribution is 2.39. The van der Waals surface area contributed by atoms with Crippen molar-refractivity contribution in [1.82, 2.24) is 9.88 Å². The fraction of sp³-hybridized carbons (Fsp3) is 0.448. The minimum atomic E-state index is -1.13. The van der Waals surface area contributed by atoms with Crippen LogP contribution in [0.1, 0.15) is 62.4 Å². The van der Waals surface area contributed by atoms with Crippen molar-refractivity contribution in [2.24, 2.45) is 0 Å². The molecule has 0 unspecified atom stereocenters. The lowest BCUT2D eigenvalue weighted by molar-refractivity contribution is -0.127. The summed E-state index contributed by atoms with van der Waals surface area (Å²) in [5.74, 6) is 0.747. The van der Waals surface area contributed by atoms with Crippen LogP contribution in [0.4, 0.5) is 5.69 Å². The van der Waals surface area contributed by atoms with Crippen LogP contribution in [0, 0.1) is 0 Å². The van der Waals surface area contributed by atoms with Gasteiger partial charge in [0.15, 0.2) is 11.5 Å². The maximum Gasteiger partial charge on any atom is 0.275 e. The third-order valence-corrected chi connectivity index (χ3v) is 7.75. The Labute approximate surface area is 212 Å². The molecule has 0 saturated heterocycles. The Bertz CT molecular complexity index is 1270. The number of amides is 2. The Morgan fingerprint density at radius 3 is 2.36 bits per heavy atom. The Balaban J connectivity index is 1.59. The monoisotopic (exact) mass is 489 g/mol. The van der Waals surface area contributed by atoms with Gasteiger partial charge in [-0.05, 0) is 44.0 Å².